The zero-order valence-electron chi connectivity index (χ0n) is 19.3. The molecular formula is C27H30O6. The maximum absolute atomic E-state index is 11.7. The maximum Gasteiger partial charge on any atom is 0.338 e. The van der Waals surface area contributed by atoms with Crippen molar-refractivity contribution >= 4 is 17.5 Å². The fourth-order valence-corrected chi connectivity index (χ4v) is 3.81. The van der Waals surface area contributed by atoms with Crippen LogP contribution in [0.3, 0.4) is 0 Å². The minimum Gasteiger partial charge on any atom is -0.462 e. The predicted octanol–water partition coefficient (Wildman–Crippen LogP) is 4.81. The molecule has 6 nitrogen and oxygen atoms in total. The number of allylic oxidation sites excluding steroid dienone is 2. The quantitative estimate of drug-likeness (QED) is 0.265. The molecule has 1 heterocycles. The third-order valence-electron chi connectivity index (χ3n) is 5.62. The van der Waals surface area contributed by atoms with Crippen molar-refractivity contribution in [2.24, 2.45) is 0 Å². The molecule has 1 aromatic carbocycles. The Morgan fingerprint density at radius 1 is 1.09 bits per heavy atom. The van der Waals surface area contributed by atoms with E-state index in [2.05, 4.69) is 19.2 Å². The summed E-state index contributed by atoms with van der Waals surface area (Å²) in [6.45, 7) is 12.7. The molecule has 1 N–H and O–H groups in total. The summed E-state index contributed by atoms with van der Waals surface area (Å²) in [7, 11) is 0. The van der Waals surface area contributed by atoms with Crippen LogP contribution in [0.1, 0.15) is 45.6 Å². The highest BCUT2D eigenvalue weighted by molar-refractivity contribution is 5.89. The molecule has 0 saturated heterocycles. The normalized spacial score (nSPS) is 19.8. The first-order valence-electron chi connectivity index (χ1n) is 10.9. The van der Waals surface area contributed by atoms with E-state index in [-0.39, 0.29) is 12.1 Å². The van der Waals surface area contributed by atoms with Crippen LogP contribution in [0, 0.1) is 0 Å². The highest BCUT2D eigenvalue weighted by atomic mass is 16.6. The number of hydrogen-bond donors (Lipinski definition) is 1. The number of aliphatic hydroxyl groups excluding tert-OH is 1. The van der Waals surface area contributed by atoms with Crippen LogP contribution in [-0.4, -0.2) is 36.0 Å². The SMILES string of the molecule is C=C(C)C(=O)OCCCC1=CC=C2C(C)=C(c3ccc(OC(=O)C(=C)C)cc3)C(O)OC2C1. The van der Waals surface area contributed by atoms with E-state index < -0.39 is 12.3 Å². The number of esters is 2. The molecule has 0 amide bonds. The van der Waals surface area contributed by atoms with E-state index in [1.54, 1.807) is 38.1 Å². The first-order valence-corrected chi connectivity index (χ1v) is 10.9. The smallest absolute Gasteiger partial charge is 0.338 e. The number of fused-ring (bicyclic) bond motifs is 1. The van der Waals surface area contributed by atoms with Gasteiger partial charge in [0.25, 0.3) is 0 Å². The fraction of sp³-hybridized carbons (Fsp3) is 0.333. The van der Waals surface area contributed by atoms with E-state index >= 15 is 0 Å². The molecule has 2 atom stereocenters. The van der Waals surface area contributed by atoms with Gasteiger partial charge in [0.1, 0.15) is 5.75 Å². The summed E-state index contributed by atoms with van der Waals surface area (Å²) < 4.78 is 16.3. The van der Waals surface area contributed by atoms with Crippen LogP contribution in [0.4, 0.5) is 0 Å². The average Bonchev–Trinajstić information content (AvgIpc) is 2.77. The van der Waals surface area contributed by atoms with Gasteiger partial charge >= 0.3 is 11.9 Å². The van der Waals surface area contributed by atoms with Crippen LogP contribution in [-0.2, 0) is 19.1 Å². The Morgan fingerprint density at radius 2 is 1.76 bits per heavy atom. The van der Waals surface area contributed by atoms with E-state index in [0.717, 1.165) is 23.1 Å². The van der Waals surface area contributed by atoms with E-state index in [0.29, 0.717) is 41.9 Å². The third kappa shape index (κ3) is 5.97. The molecule has 0 radical (unpaired) electrons. The molecule has 2 aliphatic rings. The number of carbonyl (C=O) groups is 2. The molecule has 6 heteroatoms. The summed E-state index contributed by atoms with van der Waals surface area (Å²) in [6.07, 6.45) is 5.00. The molecule has 0 spiro atoms. The fourth-order valence-electron chi connectivity index (χ4n) is 3.81. The Balaban J connectivity index is 1.70. The van der Waals surface area contributed by atoms with Gasteiger partial charge in [-0.3, -0.25) is 0 Å². The summed E-state index contributed by atoms with van der Waals surface area (Å²) in [4.78, 5) is 23.2. The van der Waals surface area contributed by atoms with Gasteiger partial charge in [-0.15, -0.1) is 0 Å². The van der Waals surface area contributed by atoms with Crippen molar-refractivity contribution in [2.45, 2.75) is 52.4 Å². The number of aliphatic hydroxyl groups is 1. The topological polar surface area (TPSA) is 82.1 Å². The molecule has 33 heavy (non-hydrogen) atoms. The van der Waals surface area contributed by atoms with Crippen molar-refractivity contribution in [1.29, 1.82) is 0 Å². The summed E-state index contributed by atoms with van der Waals surface area (Å²) >= 11 is 0. The lowest BCUT2D eigenvalue weighted by molar-refractivity contribution is -0.139. The largest absolute Gasteiger partial charge is 0.462 e. The van der Waals surface area contributed by atoms with Gasteiger partial charge in [0, 0.05) is 16.7 Å². The molecule has 0 aromatic heterocycles. The number of rotatable bonds is 8. The van der Waals surface area contributed by atoms with E-state index in [4.69, 9.17) is 14.2 Å². The lowest BCUT2D eigenvalue weighted by atomic mass is 9.83. The second-order valence-electron chi connectivity index (χ2n) is 8.38. The predicted molar refractivity (Wildman–Crippen MR) is 126 cm³/mol. The first-order chi connectivity index (χ1) is 15.7. The van der Waals surface area contributed by atoms with Gasteiger partial charge in [0.05, 0.1) is 12.7 Å². The molecule has 1 aromatic rings. The van der Waals surface area contributed by atoms with Crippen LogP contribution in [0.2, 0.25) is 0 Å². The Morgan fingerprint density at radius 3 is 2.39 bits per heavy atom. The molecule has 0 saturated carbocycles. The molecular weight excluding hydrogens is 420 g/mol. The van der Waals surface area contributed by atoms with Crippen molar-refractivity contribution in [3.8, 4) is 5.75 Å². The van der Waals surface area contributed by atoms with Crippen LogP contribution in [0.5, 0.6) is 5.75 Å². The van der Waals surface area contributed by atoms with Crippen molar-refractivity contribution in [1.82, 2.24) is 0 Å². The highest BCUT2D eigenvalue weighted by Crippen LogP contribution is 2.40. The number of hydrogen-bond acceptors (Lipinski definition) is 6. The van der Waals surface area contributed by atoms with Gasteiger partial charge in [-0.05, 0) is 68.9 Å². The average molecular weight is 451 g/mol. The Hall–Kier alpha value is -3.22. The van der Waals surface area contributed by atoms with Crippen LogP contribution in [0.25, 0.3) is 5.57 Å². The molecule has 1 aliphatic carbocycles. The molecule has 2 unspecified atom stereocenters. The lowest BCUT2D eigenvalue weighted by Gasteiger charge is -2.35. The minimum absolute atomic E-state index is 0.225. The summed E-state index contributed by atoms with van der Waals surface area (Å²) in [5, 5.41) is 10.7. The Labute approximate surface area is 194 Å². The summed E-state index contributed by atoms with van der Waals surface area (Å²) in [6, 6.07) is 6.96. The Bertz CT molecular complexity index is 1050. The Kier molecular flexibility index (Phi) is 7.84. The van der Waals surface area contributed by atoms with Gasteiger partial charge in [-0.1, -0.05) is 43.0 Å². The monoisotopic (exact) mass is 450 g/mol. The van der Waals surface area contributed by atoms with Crippen molar-refractivity contribution in [3.05, 3.63) is 83.0 Å². The molecule has 3 rings (SSSR count). The summed E-state index contributed by atoms with van der Waals surface area (Å²) in [5.74, 6) is -0.442. The van der Waals surface area contributed by atoms with E-state index in [1.165, 1.54) is 5.57 Å². The lowest BCUT2D eigenvalue weighted by Crippen LogP contribution is -2.32. The number of benzene rings is 1. The van der Waals surface area contributed by atoms with Crippen LogP contribution in [0.15, 0.2) is 77.4 Å². The van der Waals surface area contributed by atoms with Gasteiger partial charge in [-0.25, -0.2) is 9.59 Å². The molecule has 1 aliphatic heterocycles. The number of ether oxygens (including phenoxy) is 3. The van der Waals surface area contributed by atoms with Crippen LogP contribution >= 0.6 is 0 Å². The van der Waals surface area contributed by atoms with Crippen LogP contribution < -0.4 is 4.74 Å². The van der Waals surface area contributed by atoms with Crippen molar-refractivity contribution < 1.29 is 28.9 Å². The second-order valence-corrected chi connectivity index (χ2v) is 8.38. The molecule has 0 bridgehead atoms. The first kappa shape index (κ1) is 24.4. The molecule has 0 fully saturated rings. The standard InChI is InChI=1S/C27H30O6/c1-16(2)25(28)31-14-6-7-19-8-13-22-18(5)24(27(30)33-23(22)15-19)20-9-11-21(12-10-20)32-26(29)17(3)4/h8-13,23,27,30H,1,3,6-7,14-15H2,2,4-5H3. The van der Waals surface area contributed by atoms with Gasteiger partial charge in [-0.2, -0.15) is 0 Å². The van der Waals surface area contributed by atoms with Gasteiger partial charge < -0.3 is 19.3 Å². The highest BCUT2D eigenvalue weighted by Gasteiger charge is 2.33. The zero-order chi connectivity index (χ0) is 24.1. The number of carbonyl (C=O) groups excluding carboxylic acids is 2. The zero-order valence-corrected chi connectivity index (χ0v) is 19.3. The third-order valence-corrected chi connectivity index (χ3v) is 5.62. The van der Waals surface area contributed by atoms with E-state index in [1.807, 2.05) is 13.0 Å². The van der Waals surface area contributed by atoms with Gasteiger partial charge in [0.15, 0.2) is 6.29 Å². The minimum atomic E-state index is -1.06. The van der Waals surface area contributed by atoms with Gasteiger partial charge in [0.2, 0.25) is 0 Å². The molecule has 174 valence electrons. The summed E-state index contributed by atoms with van der Waals surface area (Å²) in [5.41, 5.74) is 5.39. The van der Waals surface area contributed by atoms with E-state index in [9.17, 15) is 14.7 Å². The van der Waals surface area contributed by atoms with Crippen molar-refractivity contribution in [2.75, 3.05) is 6.61 Å². The van der Waals surface area contributed by atoms with Crippen molar-refractivity contribution in [3.63, 3.8) is 0 Å². The second kappa shape index (κ2) is 10.6. The maximum atomic E-state index is 11.7.